The molecule has 1 aromatic carbocycles. The molecule has 0 aliphatic heterocycles. The predicted octanol–water partition coefficient (Wildman–Crippen LogP) is 2.29. The number of nitrogens with one attached hydrogen (secondary N) is 1. The lowest BCUT2D eigenvalue weighted by Crippen LogP contribution is -2.43. The number of halogens is 1. The van der Waals surface area contributed by atoms with Crippen molar-refractivity contribution >= 4 is 29.1 Å². The van der Waals surface area contributed by atoms with Gasteiger partial charge in [0.1, 0.15) is 0 Å². The Morgan fingerprint density at radius 1 is 1.24 bits per heavy atom. The van der Waals surface area contributed by atoms with Crippen molar-refractivity contribution in [3.63, 3.8) is 0 Å². The molecule has 114 valence electrons. The molecule has 1 aliphatic carbocycles. The van der Waals surface area contributed by atoms with E-state index in [1.807, 2.05) is 0 Å². The maximum Gasteiger partial charge on any atom is 0.250 e. The fourth-order valence-electron chi connectivity index (χ4n) is 2.81. The summed E-state index contributed by atoms with van der Waals surface area (Å²) in [4.78, 5) is 23.7. The number of nitrogens with two attached hydrogens (primary N) is 2. The highest BCUT2D eigenvalue weighted by molar-refractivity contribution is 6.34. The molecule has 0 aromatic heterocycles. The van der Waals surface area contributed by atoms with Gasteiger partial charge in [-0.3, -0.25) is 9.59 Å². The van der Waals surface area contributed by atoms with Crippen molar-refractivity contribution in [2.45, 2.75) is 32.1 Å². The van der Waals surface area contributed by atoms with E-state index in [1.165, 1.54) is 12.1 Å². The Kier molecular flexibility index (Phi) is 4.85. The van der Waals surface area contributed by atoms with Gasteiger partial charge in [0.2, 0.25) is 11.8 Å². The first kappa shape index (κ1) is 15.8. The third kappa shape index (κ3) is 3.36. The summed E-state index contributed by atoms with van der Waals surface area (Å²) in [6.07, 6.45) is 4.80. The van der Waals surface area contributed by atoms with Crippen LogP contribution in [0.1, 0.15) is 42.5 Å². The van der Waals surface area contributed by atoms with Crippen LogP contribution in [0.3, 0.4) is 0 Å². The number of carbonyl (C=O) groups excluding carboxylic acids is 2. The van der Waals surface area contributed by atoms with Crippen molar-refractivity contribution in [3.8, 4) is 0 Å². The van der Waals surface area contributed by atoms with Crippen LogP contribution in [0.25, 0.3) is 0 Å². The van der Waals surface area contributed by atoms with E-state index in [1.54, 1.807) is 6.07 Å². The van der Waals surface area contributed by atoms with Crippen molar-refractivity contribution < 1.29 is 9.59 Å². The first-order valence-electron chi connectivity index (χ1n) is 7.09. The van der Waals surface area contributed by atoms with Gasteiger partial charge < -0.3 is 16.8 Å². The molecule has 1 aliphatic rings. The Labute approximate surface area is 129 Å². The lowest BCUT2D eigenvalue weighted by molar-refractivity contribution is -0.126. The molecule has 0 bridgehead atoms. The molecule has 2 amide bonds. The van der Waals surface area contributed by atoms with E-state index in [4.69, 9.17) is 23.1 Å². The minimum atomic E-state index is -0.594. The summed E-state index contributed by atoms with van der Waals surface area (Å²) in [5.41, 5.74) is 11.3. The Hall–Kier alpha value is -1.59. The highest BCUT2D eigenvalue weighted by Gasteiger charge is 2.38. The van der Waals surface area contributed by atoms with Crippen molar-refractivity contribution in [2.75, 3.05) is 11.9 Å². The first-order chi connectivity index (χ1) is 9.98. The molecule has 0 saturated heterocycles. The zero-order valence-electron chi connectivity index (χ0n) is 11.8. The molecule has 1 fully saturated rings. The van der Waals surface area contributed by atoms with Crippen LogP contribution in [0.5, 0.6) is 0 Å². The Balaban J connectivity index is 2.15. The van der Waals surface area contributed by atoms with Gasteiger partial charge in [0.25, 0.3) is 0 Å². The van der Waals surface area contributed by atoms with Crippen molar-refractivity contribution in [3.05, 3.63) is 28.8 Å². The first-order valence-corrected chi connectivity index (χ1v) is 7.47. The second-order valence-electron chi connectivity index (χ2n) is 5.56. The molecule has 21 heavy (non-hydrogen) atoms. The van der Waals surface area contributed by atoms with Crippen molar-refractivity contribution in [2.24, 2.45) is 16.9 Å². The third-order valence-corrected chi connectivity index (χ3v) is 4.49. The fourth-order valence-corrected chi connectivity index (χ4v) is 3.08. The second kappa shape index (κ2) is 6.45. The van der Waals surface area contributed by atoms with Gasteiger partial charge in [0, 0.05) is 12.2 Å². The standard InChI is InChI=1S/C15H20ClN3O2/c16-12-8-10(4-5-11(12)13(18)20)19-14(21)15(9-17)6-2-1-3-7-15/h4-5,8H,1-3,6-7,9,17H2,(H2,18,20)(H,19,21). The Morgan fingerprint density at radius 2 is 1.90 bits per heavy atom. The number of primary amides is 1. The van der Waals surface area contributed by atoms with E-state index in [0.29, 0.717) is 12.2 Å². The third-order valence-electron chi connectivity index (χ3n) is 4.18. The van der Waals surface area contributed by atoms with Gasteiger partial charge in [-0.05, 0) is 31.0 Å². The Morgan fingerprint density at radius 3 is 2.43 bits per heavy atom. The number of rotatable bonds is 4. The van der Waals surface area contributed by atoms with Crippen LogP contribution in [-0.4, -0.2) is 18.4 Å². The molecule has 0 unspecified atom stereocenters. The summed E-state index contributed by atoms with van der Waals surface area (Å²) in [5, 5.41) is 3.08. The van der Waals surface area contributed by atoms with E-state index in [2.05, 4.69) is 5.32 Å². The molecule has 5 N–H and O–H groups in total. The quantitative estimate of drug-likeness (QED) is 0.795. The normalized spacial score (nSPS) is 17.2. The molecular weight excluding hydrogens is 290 g/mol. The van der Waals surface area contributed by atoms with Crippen LogP contribution in [-0.2, 0) is 4.79 Å². The van der Waals surface area contributed by atoms with Gasteiger partial charge in [0.05, 0.1) is 16.0 Å². The van der Waals surface area contributed by atoms with Crippen LogP contribution >= 0.6 is 11.6 Å². The summed E-state index contributed by atoms with van der Waals surface area (Å²) >= 11 is 5.99. The van der Waals surface area contributed by atoms with Crippen LogP contribution in [0.15, 0.2) is 18.2 Å². The highest BCUT2D eigenvalue weighted by Crippen LogP contribution is 2.36. The van der Waals surface area contributed by atoms with Gasteiger partial charge in [-0.1, -0.05) is 30.9 Å². The largest absolute Gasteiger partial charge is 0.366 e. The zero-order chi connectivity index (χ0) is 15.5. The number of hydrogen-bond donors (Lipinski definition) is 3. The minimum absolute atomic E-state index is 0.0763. The summed E-state index contributed by atoms with van der Waals surface area (Å²) in [6.45, 7) is 0.339. The predicted molar refractivity (Wildman–Crippen MR) is 83.2 cm³/mol. The van der Waals surface area contributed by atoms with Crippen LogP contribution in [0, 0.1) is 5.41 Å². The molecule has 1 saturated carbocycles. The maximum atomic E-state index is 12.5. The molecule has 5 nitrogen and oxygen atoms in total. The summed E-state index contributed by atoms with van der Waals surface area (Å²) in [5.74, 6) is -0.670. The SMILES string of the molecule is NCC1(C(=O)Nc2ccc(C(N)=O)c(Cl)c2)CCCCC1. The van der Waals surface area contributed by atoms with Crippen molar-refractivity contribution in [1.29, 1.82) is 0 Å². The van der Waals surface area contributed by atoms with Gasteiger partial charge >= 0.3 is 0 Å². The monoisotopic (exact) mass is 309 g/mol. The van der Waals surface area contributed by atoms with Crippen LogP contribution in [0.4, 0.5) is 5.69 Å². The maximum absolute atomic E-state index is 12.5. The fraction of sp³-hybridized carbons (Fsp3) is 0.467. The lowest BCUT2D eigenvalue weighted by atomic mass is 9.73. The number of amides is 2. The molecule has 0 radical (unpaired) electrons. The number of carbonyl (C=O) groups is 2. The van der Waals surface area contributed by atoms with E-state index in [0.717, 1.165) is 32.1 Å². The molecule has 0 spiro atoms. The second-order valence-corrected chi connectivity index (χ2v) is 5.97. The highest BCUT2D eigenvalue weighted by atomic mass is 35.5. The lowest BCUT2D eigenvalue weighted by Gasteiger charge is -2.34. The summed E-state index contributed by atoms with van der Waals surface area (Å²) < 4.78 is 0. The summed E-state index contributed by atoms with van der Waals surface area (Å²) in [6, 6.07) is 4.67. The average molecular weight is 310 g/mol. The van der Waals surface area contributed by atoms with E-state index >= 15 is 0 Å². The van der Waals surface area contributed by atoms with Crippen LogP contribution in [0.2, 0.25) is 5.02 Å². The topological polar surface area (TPSA) is 98.2 Å². The molecule has 1 aromatic rings. The minimum Gasteiger partial charge on any atom is -0.366 e. The number of anilines is 1. The van der Waals surface area contributed by atoms with Gasteiger partial charge in [0.15, 0.2) is 0 Å². The van der Waals surface area contributed by atoms with E-state index in [9.17, 15) is 9.59 Å². The van der Waals surface area contributed by atoms with Gasteiger partial charge in [-0.25, -0.2) is 0 Å². The molecule has 6 heteroatoms. The van der Waals surface area contributed by atoms with E-state index in [-0.39, 0.29) is 16.5 Å². The smallest absolute Gasteiger partial charge is 0.250 e. The molecule has 0 heterocycles. The summed E-state index contributed by atoms with van der Waals surface area (Å²) in [7, 11) is 0. The average Bonchev–Trinajstić information content (AvgIpc) is 2.47. The van der Waals surface area contributed by atoms with Gasteiger partial charge in [-0.2, -0.15) is 0 Å². The Bertz CT molecular complexity index is 554. The van der Waals surface area contributed by atoms with Crippen LogP contribution < -0.4 is 16.8 Å². The zero-order valence-corrected chi connectivity index (χ0v) is 12.6. The van der Waals surface area contributed by atoms with Crippen molar-refractivity contribution in [1.82, 2.24) is 0 Å². The van der Waals surface area contributed by atoms with Gasteiger partial charge in [-0.15, -0.1) is 0 Å². The number of benzene rings is 1. The molecular formula is C15H20ClN3O2. The number of hydrogen-bond acceptors (Lipinski definition) is 3. The molecule has 2 rings (SSSR count). The molecule has 0 atom stereocenters. The van der Waals surface area contributed by atoms with E-state index < -0.39 is 11.3 Å².